The van der Waals surface area contributed by atoms with Crippen molar-refractivity contribution in [1.29, 1.82) is 5.26 Å². The van der Waals surface area contributed by atoms with E-state index in [-0.39, 0.29) is 22.7 Å². The quantitative estimate of drug-likeness (QED) is 0.826. The summed E-state index contributed by atoms with van der Waals surface area (Å²) in [5.74, 6) is 0.530. The molecule has 0 saturated carbocycles. The molecule has 0 spiro atoms. The Balaban J connectivity index is 1.97. The fraction of sp³-hybridized carbons (Fsp3) is 0.250. The number of nitriles is 1. The molecule has 0 amide bonds. The fourth-order valence-corrected chi connectivity index (χ4v) is 2.45. The molecule has 1 aliphatic heterocycles. The van der Waals surface area contributed by atoms with Gasteiger partial charge in [-0.1, -0.05) is 11.6 Å². The number of anilines is 2. The summed E-state index contributed by atoms with van der Waals surface area (Å²) in [6, 6.07) is 3.48. The molecule has 0 bridgehead atoms. The number of H-pyrrole nitrogens is 1. The molecule has 114 valence electrons. The van der Waals surface area contributed by atoms with E-state index in [1.54, 1.807) is 4.90 Å². The number of nitrogen functional groups attached to an aromatic ring is 1. The highest BCUT2D eigenvalue weighted by Crippen LogP contribution is 2.43. The first-order valence-corrected chi connectivity index (χ1v) is 6.44. The second-order valence-electron chi connectivity index (χ2n) is 4.71. The van der Waals surface area contributed by atoms with Gasteiger partial charge in [0.2, 0.25) is 5.95 Å². The maximum Gasteiger partial charge on any atom is 0.417 e. The van der Waals surface area contributed by atoms with Gasteiger partial charge in [0.25, 0.3) is 0 Å². The number of aromatic amines is 1. The Bertz CT molecular complexity index is 778. The van der Waals surface area contributed by atoms with Gasteiger partial charge in [0.05, 0.1) is 16.1 Å². The SMILES string of the molecule is N#Cc1c(Cl)cc(N2CC2c2nc(N)n[nH]2)cc1C(F)(F)F. The molecule has 1 unspecified atom stereocenters. The van der Waals surface area contributed by atoms with Crippen LogP contribution in [0, 0.1) is 11.3 Å². The van der Waals surface area contributed by atoms with E-state index >= 15 is 0 Å². The largest absolute Gasteiger partial charge is 0.417 e. The molecule has 1 fully saturated rings. The maximum absolute atomic E-state index is 13.0. The normalized spacial score (nSPS) is 17.4. The third-order valence-electron chi connectivity index (χ3n) is 3.27. The van der Waals surface area contributed by atoms with E-state index in [4.69, 9.17) is 22.6 Å². The van der Waals surface area contributed by atoms with Crippen LogP contribution in [0.2, 0.25) is 5.02 Å². The second kappa shape index (κ2) is 4.78. The molecule has 22 heavy (non-hydrogen) atoms. The van der Waals surface area contributed by atoms with E-state index in [0.29, 0.717) is 12.4 Å². The van der Waals surface area contributed by atoms with E-state index < -0.39 is 17.3 Å². The van der Waals surface area contributed by atoms with Crippen LogP contribution in [0.4, 0.5) is 24.8 Å². The third kappa shape index (κ3) is 2.42. The zero-order chi connectivity index (χ0) is 16.1. The lowest BCUT2D eigenvalue weighted by Gasteiger charge is -2.13. The zero-order valence-electron chi connectivity index (χ0n) is 10.8. The fourth-order valence-electron chi connectivity index (χ4n) is 2.19. The number of nitrogens with zero attached hydrogens (tertiary/aromatic N) is 4. The van der Waals surface area contributed by atoms with Gasteiger partial charge < -0.3 is 10.6 Å². The Labute approximate surface area is 127 Å². The molecule has 2 aromatic rings. The monoisotopic (exact) mass is 328 g/mol. The first-order chi connectivity index (χ1) is 10.3. The van der Waals surface area contributed by atoms with Crippen molar-refractivity contribution in [2.24, 2.45) is 0 Å². The second-order valence-corrected chi connectivity index (χ2v) is 5.11. The molecule has 3 rings (SSSR count). The van der Waals surface area contributed by atoms with Gasteiger partial charge in [-0.2, -0.15) is 23.4 Å². The van der Waals surface area contributed by atoms with Gasteiger partial charge in [0, 0.05) is 12.2 Å². The van der Waals surface area contributed by atoms with Crippen molar-refractivity contribution in [3.8, 4) is 6.07 Å². The number of alkyl halides is 3. The lowest BCUT2D eigenvalue weighted by atomic mass is 10.1. The summed E-state index contributed by atoms with van der Waals surface area (Å²) >= 11 is 5.81. The van der Waals surface area contributed by atoms with Crippen LogP contribution < -0.4 is 10.6 Å². The first-order valence-electron chi connectivity index (χ1n) is 6.06. The number of rotatable bonds is 2. The van der Waals surface area contributed by atoms with E-state index in [9.17, 15) is 13.2 Å². The van der Waals surface area contributed by atoms with Crippen molar-refractivity contribution in [3.05, 3.63) is 34.1 Å². The number of benzene rings is 1. The minimum atomic E-state index is -4.66. The van der Waals surface area contributed by atoms with Gasteiger partial charge >= 0.3 is 6.18 Å². The van der Waals surface area contributed by atoms with Gasteiger partial charge in [0.15, 0.2) is 5.82 Å². The molecule has 1 aromatic carbocycles. The third-order valence-corrected chi connectivity index (χ3v) is 3.57. The van der Waals surface area contributed by atoms with Crippen LogP contribution in [0.25, 0.3) is 0 Å². The van der Waals surface area contributed by atoms with E-state index in [0.717, 1.165) is 6.07 Å². The van der Waals surface area contributed by atoms with Crippen molar-refractivity contribution < 1.29 is 13.2 Å². The lowest BCUT2D eigenvalue weighted by molar-refractivity contribution is -0.137. The van der Waals surface area contributed by atoms with Gasteiger partial charge in [0.1, 0.15) is 12.1 Å². The van der Waals surface area contributed by atoms with Crippen LogP contribution in [0.3, 0.4) is 0 Å². The summed E-state index contributed by atoms with van der Waals surface area (Å²) < 4.78 is 39.1. The van der Waals surface area contributed by atoms with Crippen LogP contribution in [0.1, 0.15) is 23.0 Å². The topological polar surface area (TPSA) is 94.4 Å². The summed E-state index contributed by atoms with van der Waals surface area (Å²) in [6.45, 7) is 0.453. The zero-order valence-corrected chi connectivity index (χ0v) is 11.6. The van der Waals surface area contributed by atoms with E-state index in [2.05, 4.69) is 15.2 Å². The van der Waals surface area contributed by atoms with Crippen LogP contribution in [-0.4, -0.2) is 21.7 Å². The highest BCUT2D eigenvalue weighted by atomic mass is 35.5. The number of hydrogen-bond acceptors (Lipinski definition) is 5. The van der Waals surface area contributed by atoms with Crippen molar-refractivity contribution in [2.45, 2.75) is 12.2 Å². The molecule has 1 aromatic heterocycles. The Morgan fingerprint density at radius 2 is 2.18 bits per heavy atom. The highest BCUT2D eigenvalue weighted by Gasteiger charge is 2.41. The summed E-state index contributed by atoms with van der Waals surface area (Å²) in [7, 11) is 0. The number of hydrogen-bond donors (Lipinski definition) is 2. The summed E-state index contributed by atoms with van der Waals surface area (Å²) in [5, 5.41) is 14.9. The lowest BCUT2D eigenvalue weighted by Crippen LogP contribution is -2.09. The number of nitrogens with two attached hydrogens (primary N) is 1. The first kappa shape index (κ1) is 14.5. The molecule has 6 nitrogen and oxygen atoms in total. The predicted molar refractivity (Wildman–Crippen MR) is 72.1 cm³/mol. The van der Waals surface area contributed by atoms with Crippen LogP contribution in [0.15, 0.2) is 12.1 Å². The van der Waals surface area contributed by atoms with Crippen LogP contribution in [0.5, 0.6) is 0 Å². The highest BCUT2D eigenvalue weighted by molar-refractivity contribution is 6.32. The predicted octanol–water partition coefficient (Wildman–Crippen LogP) is 2.49. The van der Waals surface area contributed by atoms with Gasteiger partial charge in [-0.05, 0) is 12.1 Å². The molecule has 1 saturated heterocycles. The summed E-state index contributed by atoms with van der Waals surface area (Å²) in [6.07, 6.45) is -4.66. The number of nitrogens with one attached hydrogen (secondary N) is 1. The molecule has 0 aliphatic carbocycles. The average Bonchev–Trinajstić information content (AvgIpc) is 3.12. The van der Waals surface area contributed by atoms with Crippen LogP contribution in [-0.2, 0) is 6.18 Å². The average molecular weight is 329 g/mol. The minimum Gasteiger partial charge on any atom is -0.367 e. The molecular weight excluding hydrogens is 321 g/mol. The standard InChI is InChI=1S/C12H8ClF3N6/c13-8-2-5(1-7(6(8)3-17)12(14,15)16)22-4-9(22)10-19-11(18)21-20-10/h1-2,9H,4H2,(H3,18,19,20,21). The Hall–Kier alpha value is -2.47. The molecule has 2 heterocycles. The molecule has 0 radical (unpaired) electrons. The maximum atomic E-state index is 13.0. The van der Waals surface area contributed by atoms with Crippen LogP contribution >= 0.6 is 11.6 Å². The van der Waals surface area contributed by atoms with E-state index in [1.807, 2.05) is 0 Å². The molecule has 10 heteroatoms. The van der Waals surface area contributed by atoms with Gasteiger partial charge in [-0.15, -0.1) is 5.10 Å². The van der Waals surface area contributed by atoms with E-state index in [1.165, 1.54) is 12.1 Å². The van der Waals surface area contributed by atoms with Crippen molar-refractivity contribution in [2.75, 3.05) is 17.2 Å². The Morgan fingerprint density at radius 1 is 1.45 bits per heavy atom. The molecule has 1 atom stereocenters. The van der Waals surface area contributed by atoms with Crippen molar-refractivity contribution in [3.63, 3.8) is 0 Å². The van der Waals surface area contributed by atoms with Gasteiger partial charge in [-0.3, -0.25) is 5.10 Å². The summed E-state index contributed by atoms with van der Waals surface area (Å²) in [4.78, 5) is 5.58. The number of halogens is 4. The van der Waals surface area contributed by atoms with Crippen molar-refractivity contribution >= 4 is 23.2 Å². The summed E-state index contributed by atoms with van der Waals surface area (Å²) in [5.41, 5.74) is 4.02. The molecule has 3 N–H and O–H groups in total. The Kier molecular flexibility index (Phi) is 3.14. The van der Waals surface area contributed by atoms with Gasteiger partial charge in [-0.25, -0.2) is 0 Å². The molecular formula is C12H8ClF3N6. The molecule has 1 aliphatic rings. The number of aromatic nitrogens is 3. The Morgan fingerprint density at radius 3 is 2.73 bits per heavy atom. The smallest absolute Gasteiger partial charge is 0.367 e. The van der Waals surface area contributed by atoms with Crippen molar-refractivity contribution in [1.82, 2.24) is 15.2 Å². The minimum absolute atomic E-state index is 0.0655.